The van der Waals surface area contributed by atoms with Crippen molar-refractivity contribution in [3.63, 3.8) is 0 Å². The van der Waals surface area contributed by atoms with Crippen LogP contribution in [0.5, 0.6) is 11.5 Å². The van der Waals surface area contributed by atoms with Gasteiger partial charge in [0.1, 0.15) is 11.5 Å². The predicted molar refractivity (Wildman–Crippen MR) is 83.1 cm³/mol. The van der Waals surface area contributed by atoms with Crippen LogP contribution in [0.1, 0.15) is 0 Å². The third-order valence-electron chi connectivity index (χ3n) is 2.91. The minimum atomic E-state index is -0.151. The van der Waals surface area contributed by atoms with Crippen molar-refractivity contribution in [1.29, 1.82) is 0 Å². The number of para-hydroxylation sites is 1. The SMILES string of the molecule is COc1ccc(NC(=O)CNc2ccccc2)c(OC)c1. The average molecular weight is 286 g/mol. The van der Waals surface area contributed by atoms with E-state index in [1.165, 1.54) is 0 Å². The Hall–Kier alpha value is -2.69. The van der Waals surface area contributed by atoms with Crippen molar-refractivity contribution in [3.8, 4) is 11.5 Å². The van der Waals surface area contributed by atoms with Crippen LogP contribution in [-0.2, 0) is 4.79 Å². The number of hydrogen-bond acceptors (Lipinski definition) is 4. The molecule has 0 saturated heterocycles. The van der Waals surface area contributed by atoms with Gasteiger partial charge in [0.25, 0.3) is 0 Å². The van der Waals surface area contributed by atoms with Gasteiger partial charge in [-0.3, -0.25) is 4.79 Å². The van der Waals surface area contributed by atoms with Gasteiger partial charge < -0.3 is 20.1 Å². The second-order valence-electron chi connectivity index (χ2n) is 4.33. The topological polar surface area (TPSA) is 59.6 Å². The number of nitrogens with one attached hydrogen (secondary N) is 2. The molecule has 0 unspecified atom stereocenters. The quantitative estimate of drug-likeness (QED) is 0.857. The third-order valence-corrected chi connectivity index (χ3v) is 2.91. The van der Waals surface area contributed by atoms with Crippen LogP contribution in [0.2, 0.25) is 0 Å². The van der Waals surface area contributed by atoms with Crippen LogP contribution in [-0.4, -0.2) is 26.7 Å². The summed E-state index contributed by atoms with van der Waals surface area (Å²) < 4.78 is 10.4. The van der Waals surface area contributed by atoms with Gasteiger partial charge in [0.05, 0.1) is 26.5 Å². The van der Waals surface area contributed by atoms with E-state index < -0.39 is 0 Å². The average Bonchev–Trinajstić information content (AvgIpc) is 2.54. The van der Waals surface area contributed by atoms with E-state index in [1.54, 1.807) is 32.4 Å². The van der Waals surface area contributed by atoms with Gasteiger partial charge in [0, 0.05) is 11.8 Å². The molecule has 0 saturated carbocycles. The van der Waals surface area contributed by atoms with Crippen LogP contribution in [0.3, 0.4) is 0 Å². The summed E-state index contributed by atoms with van der Waals surface area (Å²) in [7, 11) is 3.13. The molecule has 5 heteroatoms. The summed E-state index contributed by atoms with van der Waals surface area (Å²) in [6, 6.07) is 14.8. The van der Waals surface area contributed by atoms with Crippen molar-refractivity contribution in [1.82, 2.24) is 0 Å². The van der Waals surface area contributed by atoms with E-state index in [1.807, 2.05) is 30.3 Å². The van der Waals surface area contributed by atoms with Gasteiger partial charge in [0.2, 0.25) is 5.91 Å². The standard InChI is InChI=1S/C16H18N2O3/c1-20-13-8-9-14(15(10-13)21-2)18-16(19)11-17-12-6-4-3-5-7-12/h3-10,17H,11H2,1-2H3,(H,18,19). The van der Waals surface area contributed by atoms with E-state index >= 15 is 0 Å². The summed E-state index contributed by atoms with van der Waals surface area (Å²) in [6.07, 6.45) is 0. The Bertz CT molecular complexity index is 600. The minimum absolute atomic E-state index is 0.151. The van der Waals surface area contributed by atoms with Gasteiger partial charge in [0.15, 0.2) is 0 Å². The van der Waals surface area contributed by atoms with E-state index in [-0.39, 0.29) is 12.5 Å². The number of hydrogen-bond donors (Lipinski definition) is 2. The number of methoxy groups -OCH3 is 2. The fourth-order valence-electron chi connectivity index (χ4n) is 1.83. The Labute approximate surface area is 123 Å². The number of carbonyl (C=O) groups is 1. The van der Waals surface area contributed by atoms with Crippen molar-refractivity contribution in [2.24, 2.45) is 0 Å². The Morgan fingerprint density at radius 2 is 1.81 bits per heavy atom. The van der Waals surface area contributed by atoms with Gasteiger partial charge in [-0.1, -0.05) is 18.2 Å². The van der Waals surface area contributed by atoms with Crippen LogP contribution < -0.4 is 20.1 Å². The summed E-state index contributed by atoms with van der Waals surface area (Å²) in [5.41, 5.74) is 1.51. The lowest BCUT2D eigenvalue weighted by atomic mass is 10.2. The molecule has 110 valence electrons. The molecule has 0 aromatic heterocycles. The zero-order valence-corrected chi connectivity index (χ0v) is 12.1. The van der Waals surface area contributed by atoms with Gasteiger partial charge in [-0.2, -0.15) is 0 Å². The maximum atomic E-state index is 11.9. The summed E-state index contributed by atoms with van der Waals surface area (Å²) in [4.78, 5) is 11.9. The Kier molecular flexibility index (Phi) is 5.04. The van der Waals surface area contributed by atoms with Crippen LogP contribution in [0, 0.1) is 0 Å². The molecule has 2 aromatic carbocycles. The van der Waals surface area contributed by atoms with E-state index in [0.29, 0.717) is 17.2 Å². The first kappa shape index (κ1) is 14.7. The van der Waals surface area contributed by atoms with Gasteiger partial charge in [-0.25, -0.2) is 0 Å². The molecule has 2 rings (SSSR count). The molecule has 1 amide bonds. The lowest BCUT2D eigenvalue weighted by Gasteiger charge is -2.12. The monoisotopic (exact) mass is 286 g/mol. The Morgan fingerprint density at radius 3 is 2.48 bits per heavy atom. The number of anilines is 2. The number of amides is 1. The molecule has 0 aliphatic rings. The van der Waals surface area contributed by atoms with E-state index in [2.05, 4.69) is 10.6 Å². The van der Waals surface area contributed by atoms with Crippen molar-refractivity contribution < 1.29 is 14.3 Å². The number of carbonyl (C=O) groups excluding carboxylic acids is 1. The zero-order valence-electron chi connectivity index (χ0n) is 12.1. The molecule has 0 bridgehead atoms. The van der Waals surface area contributed by atoms with Crippen LogP contribution >= 0.6 is 0 Å². The first-order chi connectivity index (χ1) is 10.2. The number of benzene rings is 2. The molecule has 2 aromatic rings. The van der Waals surface area contributed by atoms with Crippen molar-refractivity contribution in [2.75, 3.05) is 31.4 Å². The molecule has 0 radical (unpaired) electrons. The highest BCUT2D eigenvalue weighted by atomic mass is 16.5. The van der Waals surface area contributed by atoms with Crippen molar-refractivity contribution in [3.05, 3.63) is 48.5 Å². The molecule has 0 heterocycles. The molecule has 0 aliphatic carbocycles. The first-order valence-electron chi connectivity index (χ1n) is 6.53. The summed E-state index contributed by atoms with van der Waals surface area (Å²) >= 11 is 0. The summed E-state index contributed by atoms with van der Waals surface area (Å²) in [5.74, 6) is 1.08. The first-order valence-corrected chi connectivity index (χ1v) is 6.53. The van der Waals surface area contributed by atoms with Gasteiger partial charge in [-0.15, -0.1) is 0 Å². The molecule has 21 heavy (non-hydrogen) atoms. The normalized spacial score (nSPS) is 9.81. The molecule has 0 atom stereocenters. The fraction of sp³-hybridized carbons (Fsp3) is 0.188. The highest BCUT2D eigenvalue weighted by Crippen LogP contribution is 2.28. The maximum absolute atomic E-state index is 11.9. The lowest BCUT2D eigenvalue weighted by Crippen LogP contribution is -2.22. The second-order valence-corrected chi connectivity index (χ2v) is 4.33. The highest BCUT2D eigenvalue weighted by molar-refractivity contribution is 5.95. The smallest absolute Gasteiger partial charge is 0.243 e. The Balaban J connectivity index is 1.96. The van der Waals surface area contributed by atoms with Gasteiger partial charge >= 0.3 is 0 Å². The molecule has 5 nitrogen and oxygen atoms in total. The molecule has 2 N–H and O–H groups in total. The van der Waals surface area contributed by atoms with E-state index in [9.17, 15) is 4.79 Å². The van der Waals surface area contributed by atoms with E-state index in [4.69, 9.17) is 9.47 Å². The molecular formula is C16H18N2O3. The minimum Gasteiger partial charge on any atom is -0.497 e. The largest absolute Gasteiger partial charge is 0.497 e. The third kappa shape index (κ3) is 4.14. The predicted octanol–water partition coefficient (Wildman–Crippen LogP) is 2.75. The molecule has 0 fully saturated rings. The van der Waals surface area contributed by atoms with E-state index in [0.717, 1.165) is 5.69 Å². The van der Waals surface area contributed by atoms with Crippen LogP contribution in [0.25, 0.3) is 0 Å². The summed E-state index contributed by atoms with van der Waals surface area (Å²) in [6.45, 7) is 0.180. The van der Waals surface area contributed by atoms with Crippen molar-refractivity contribution in [2.45, 2.75) is 0 Å². The highest BCUT2D eigenvalue weighted by Gasteiger charge is 2.08. The fourth-order valence-corrected chi connectivity index (χ4v) is 1.83. The molecule has 0 aliphatic heterocycles. The number of rotatable bonds is 6. The van der Waals surface area contributed by atoms with Gasteiger partial charge in [-0.05, 0) is 24.3 Å². The van der Waals surface area contributed by atoms with Crippen LogP contribution in [0.4, 0.5) is 11.4 Å². The van der Waals surface area contributed by atoms with Crippen molar-refractivity contribution >= 4 is 17.3 Å². The number of ether oxygens (including phenoxy) is 2. The molecular weight excluding hydrogens is 268 g/mol. The van der Waals surface area contributed by atoms with Crippen LogP contribution in [0.15, 0.2) is 48.5 Å². The molecule has 0 spiro atoms. The maximum Gasteiger partial charge on any atom is 0.243 e. The zero-order chi connectivity index (χ0) is 15.1. The Morgan fingerprint density at radius 1 is 1.05 bits per heavy atom. The lowest BCUT2D eigenvalue weighted by molar-refractivity contribution is -0.114. The summed E-state index contributed by atoms with van der Waals surface area (Å²) in [5, 5.41) is 5.85. The second kappa shape index (κ2) is 7.19.